The zero-order valence-electron chi connectivity index (χ0n) is 9.90. The van der Waals surface area contributed by atoms with E-state index in [0.717, 1.165) is 24.9 Å². The predicted octanol–water partition coefficient (Wildman–Crippen LogP) is 2.24. The summed E-state index contributed by atoms with van der Waals surface area (Å²) in [5.41, 5.74) is 0.347. The van der Waals surface area contributed by atoms with Crippen molar-refractivity contribution in [2.45, 2.75) is 25.4 Å². The van der Waals surface area contributed by atoms with Crippen molar-refractivity contribution in [3.8, 4) is 0 Å². The van der Waals surface area contributed by atoms with Crippen LogP contribution in [0.15, 0.2) is 30.3 Å². The van der Waals surface area contributed by atoms with E-state index in [1.54, 1.807) is 0 Å². The monoisotopic (exact) mass is 207 g/mol. The summed E-state index contributed by atoms with van der Waals surface area (Å²) in [4.78, 5) is 2.10. The average Bonchev–Trinajstić information content (AvgIpc) is 2.27. The largest absolute Gasteiger partial charge is 0.385 e. The molecule has 15 heavy (non-hydrogen) atoms. The molecule has 1 atom stereocenters. The van der Waals surface area contributed by atoms with Crippen LogP contribution in [-0.2, 0) is 5.60 Å². The molecular formula is C13H21NO. The molecule has 0 radical (unpaired) electrons. The van der Waals surface area contributed by atoms with Crippen molar-refractivity contribution < 1.29 is 5.11 Å². The number of nitrogens with zero attached hydrogens (tertiary/aromatic N) is 1. The SMILES string of the molecule is CC[C@@](O)(CCN(C)C)c1ccccc1. The van der Waals surface area contributed by atoms with Gasteiger partial charge in [-0.25, -0.2) is 0 Å². The van der Waals surface area contributed by atoms with Crippen molar-refractivity contribution in [3.63, 3.8) is 0 Å². The summed E-state index contributed by atoms with van der Waals surface area (Å²) in [6, 6.07) is 9.93. The maximum Gasteiger partial charge on any atom is 0.0906 e. The van der Waals surface area contributed by atoms with E-state index in [1.165, 1.54) is 0 Å². The van der Waals surface area contributed by atoms with Gasteiger partial charge in [-0.05, 0) is 32.5 Å². The lowest BCUT2D eigenvalue weighted by molar-refractivity contribution is 0.0171. The molecule has 0 heterocycles. The Labute approximate surface area is 92.5 Å². The van der Waals surface area contributed by atoms with E-state index in [2.05, 4.69) is 4.90 Å². The zero-order chi connectivity index (χ0) is 11.3. The predicted molar refractivity (Wildman–Crippen MR) is 63.8 cm³/mol. The first-order valence-corrected chi connectivity index (χ1v) is 5.51. The molecule has 0 saturated heterocycles. The molecule has 1 aromatic carbocycles. The average molecular weight is 207 g/mol. The second-order valence-electron chi connectivity index (χ2n) is 4.30. The van der Waals surface area contributed by atoms with Crippen LogP contribution in [-0.4, -0.2) is 30.6 Å². The van der Waals surface area contributed by atoms with Gasteiger partial charge in [0.05, 0.1) is 5.60 Å². The van der Waals surface area contributed by atoms with Crippen LogP contribution in [0.2, 0.25) is 0 Å². The number of hydrogen-bond donors (Lipinski definition) is 1. The smallest absolute Gasteiger partial charge is 0.0906 e. The summed E-state index contributed by atoms with van der Waals surface area (Å²) >= 11 is 0. The van der Waals surface area contributed by atoms with Gasteiger partial charge in [-0.15, -0.1) is 0 Å². The quantitative estimate of drug-likeness (QED) is 0.800. The third kappa shape index (κ3) is 3.33. The Bertz CT molecular complexity index is 284. The molecule has 84 valence electrons. The highest BCUT2D eigenvalue weighted by Gasteiger charge is 2.26. The molecule has 0 spiro atoms. The molecule has 0 fully saturated rings. The molecule has 1 rings (SSSR count). The van der Waals surface area contributed by atoms with Gasteiger partial charge in [-0.1, -0.05) is 37.3 Å². The number of benzene rings is 1. The van der Waals surface area contributed by atoms with Crippen molar-refractivity contribution >= 4 is 0 Å². The minimum Gasteiger partial charge on any atom is -0.385 e. The summed E-state index contributed by atoms with van der Waals surface area (Å²) < 4.78 is 0. The topological polar surface area (TPSA) is 23.5 Å². The Morgan fingerprint density at radius 3 is 2.27 bits per heavy atom. The van der Waals surface area contributed by atoms with E-state index in [-0.39, 0.29) is 0 Å². The Hall–Kier alpha value is -0.860. The minimum absolute atomic E-state index is 0.675. The van der Waals surface area contributed by atoms with E-state index in [0.29, 0.717) is 0 Å². The van der Waals surface area contributed by atoms with Crippen LogP contribution in [0.1, 0.15) is 25.3 Å². The fraction of sp³-hybridized carbons (Fsp3) is 0.538. The van der Waals surface area contributed by atoms with Gasteiger partial charge in [0.25, 0.3) is 0 Å². The highest BCUT2D eigenvalue weighted by molar-refractivity contribution is 5.22. The fourth-order valence-corrected chi connectivity index (χ4v) is 1.68. The number of hydrogen-bond acceptors (Lipinski definition) is 2. The summed E-state index contributed by atoms with van der Waals surface area (Å²) in [5, 5.41) is 10.5. The van der Waals surface area contributed by atoms with Crippen LogP contribution in [0.4, 0.5) is 0 Å². The maximum atomic E-state index is 10.5. The Morgan fingerprint density at radius 1 is 1.20 bits per heavy atom. The molecule has 0 saturated carbocycles. The zero-order valence-corrected chi connectivity index (χ0v) is 9.90. The van der Waals surface area contributed by atoms with Crippen molar-refractivity contribution in [3.05, 3.63) is 35.9 Å². The van der Waals surface area contributed by atoms with Gasteiger partial charge in [0, 0.05) is 6.54 Å². The molecule has 0 aliphatic rings. The Balaban J connectivity index is 2.76. The van der Waals surface area contributed by atoms with Crippen molar-refractivity contribution in [2.24, 2.45) is 0 Å². The number of aliphatic hydroxyl groups is 1. The lowest BCUT2D eigenvalue weighted by Crippen LogP contribution is -2.29. The summed E-state index contributed by atoms with van der Waals surface area (Å²) in [7, 11) is 4.06. The second-order valence-corrected chi connectivity index (χ2v) is 4.30. The summed E-state index contributed by atoms with van der Waals surface area (Å²) in [5.74, 6) is 0. The van der Waals surface area contributed by atoms with Gasteiger partial charge < -0.3 is 10.0 Å². The fourth-order valence-electron chi connectivity index (χ4n) is 1.68. The standard InChI is InChI=1S/C13H21NO/c1-4-13(15,10-11-14(2)3)12-8-6-5-7-9-12/h5-9,15H,4,10-11H2,1-3H3/t13-/m1/s1. The van der Waals surface area contributed by atoms with E-state index < -0.39 is 5.60 Å². The maximum absolute atomic E-state index is 10.5. The van der Waals surface area contributed by atoms with Crippen LogP contribution in [0, 0.1) is 0 Å². The van der Waals surface area contributed by atoms with E-state index in [9.17, 15) is 5.11 Å². The molecule has 1 N–H and O–H groups in total. The van der Waals surface area contributed by atoms with Crippen LogP contribution in [0.25, 0.3) is 0 Å². The Kier molecular flexibility index (Phi) is 4.30. The van der Waals surface area contributed by atoms with Gasteiger partial charge in [0.1, 0.15) is 0 Å². The van der Waals surface area contributed by atoms with Crippen molar-refractivity contribution in [2.75, 3.05) is 20.6 Å². The van der Waals surface area contributed by atoms with Crippen molar-refractivity contribution in [1.82, 2.24) is 4.90 Å². The van der Waals surface area contributed by atoms with Gasteiger partial charge in [-0.3, -0.25) is 0 Å². The molecule has 0 bridgehead atoms. The first kappa shape index (κ1) is 12.2. The van der Waals surface area contributed by atoms with Gasteiger partial charge >= 0.3 is 0 Å². The molecule has 0 aliphatic carbocycles. The summed E-state index contributed by atoms with van der Waals surface area (Å²) in [6.07, 6.45) is 1.53. The molecular weight excluding hydrogens is 186 g/mol. The van der Waals surface area contributed by atoms with E-state index in [4.69, 9.17) is 0 Å². The molecule has 0 aromatic heterocycles. The summed E-state index contributed by atoms with van der Waals surface area (Å²) in [6.45, 7) is 2.93. The molecule has 0 unspecified atom stereocenters. The van der Waals surface area contributed by atoms with Crippen molar-refractivity contribution in [1.29, 1.82) is 0 Å². The van der Waals surface area contributed by atoms with Crippen LogP contribution >= 0.6 is 0 Å². The van der Waals surface area contributed by atoms with Gasteiger partial charge in [0.2, 0.25) is 0 Å². The second kappa shape index (κ2) is 5.29. The van der Waals surface area contributed by atoms with Gasteiger partial charge in [0.15, 0.2) is 0 Å². The number of rotatable bonds is 5. The third-order valence-corrected chi connectivity index (χ3v) is 2.87. The van der Waals surface area contributed by atoms with Crippen LogP contribution in [0.5, 0.6) is 0 Å². The molecule has 1 aromatic rings. The van der Waals surface area contributed by atoms with Gasteiger partial charge in [-0.2, -0.15) is 0 Å². The highest BCUT2D eigenvalue weighted by atomic mass is 16.3. The minimum atomic E-state index is -0.675. The molecule has 0 aliphatic heterocycles. The highest BCUT2D eigenvalue weighted by Crippen LogP contribution is 2.28. The third-order valence-electron chi connectivity index (χ3n) is 2.87. The lowest BCUT2D eigenvalue weighted by Gasteiger charge is -2.28. The Morgan fingerprint density at radius 2 is 1.80 bits per heavy atom. The molecule has 2 heteroatoms. The lowest BCUT2D eigenvalue weighted by atomic mass is 9.88. The normalized spacial score (nSPS) is 15.3. The first-order chi connectivity index (χ1) is 7.08. The first-order valence-electron chi connectivity index (χ1n) is 5.51. The van der Waals surface area contributed by atoms with E-state index >= 15 is 0 Å². The van der Waals surface area contributed by atoms with Crippen LogP contribution < -0.4 is 0 Å². The molecule has 0 amide bonds. The molecule has 2 nitrogen and oxygen atoms in total. The van der Waals surface area contributed by atoms with Crippen LogP contribution in [0.3, 0.4) is 0 Å². The van der Waals surface area contributed by atoms with E-state index in [1.807, 2.05) is 51.4 Å².